The molecule has 1 N–H and O–H groups in total. The summed E-state index contributed by atoms with van der Waals surface area (Å²) in [5.74, 6) is 0. The van der Waals surface area contributed by atoms with Crippen molar-refractivity contribution in [2.75, 3.05) is 19.8 Å². The van der Waals surface area contributed by atoms with Gasteiger partial charge in [-0.3, -0.25) is 0 Å². The van der Waals surface area contributed by atoms with Gasteiger partial charge in [-0.2, -0.15) is 0 Å². The van der Waals surface area contributed by atoms with Crippen LogP contribution >= 0.6 is 12.4 Å². The lowest BCUT2D eigenvalue weighted by molar-refractivity contribution is 0.0545. The normalized spacial score (nSPS) is 34.1. The average molecular weight is 178 g/mol. The largest absolute Gasteiger partial charge is 0.378 e. The van der Waals surface area contributed by atoms with E-state index in [9.17, 15) is 0 Å². The minimum absolute atomic E-state index is 0. The van der Waals surface area contributed by atoms with Crippen LogP contribution in [-0.2, 0) is 4.74 Å². The van der Waals surface area contributed by atoms with Gasteiger partial charge >= 0.3 is 0 Å². The molecule has 0 aromatic heterocycles. The Morgan fingerprint density at radius 3 is 2.64 bits per heavy atom. The van der Waals surface area contributed by atoms with Gasteiger partial charge in [0.1, 0.15) is 0 Å². The van der Waals surface area contributed by atoms with Gasteiger partial charge in [-0.15, -0.1) is 12.4 Å². The molecule has 66 valence electrons. The van der Waals surface area contributed by atoms with Crippen molar-refractivity contribution in [1.82, 2.24) is 5.32 Å². The molecule has 2 nitrogen and oxygen atoms in total. The van der Waals surface area contributed by atoms with Gasteiger partial charge < -0.3 is 10.1 Å². The van der Waals surface area contributed by atoms with Crippen molar-refractivity contribution in [2.24, 2.45) is 5.41 Å². The summed E-state index contributed by atoms with van der Waals surface area (Å²) in [5.41, 5.74) is 0.584. The number of ether oxygens (including phenoxy) is 1. The summed E-state index contributed by atoms with van der Waals surface area (Å²) < 4.78 is 5.39. The van der Waals surface area contributed by atoms with Crippen molar-refractivity contribution >= 4 is 12.4 Å². The minimum Gasteiger partial charge on any atom is -0.378 e. The monoisotopic (exact) mass is 177 g/mol. The number of morpholine rings is 1. The van der Waals surface area contributed by atoms with Crippen LogP contribution in [0.5, 0.6) is 0 Å². The zero-order chi connectivity index (χ0) is 7.03. The van der Waals surface area contributed by atoms with Gasteiger partial charge in [-0.05, 0) is 18.3 Å². The molecule has 2 rings (SSSR count). The summed E-state index contributed by atoms with van der Waals surface area (Å²) in [4.78, 5) is 0. The molecule has 1 aliphatic heterocycles. The number of hydrogen-bond acceptors (Lipinski definition) is 2. The molecule has 2 aliphatic rings. The smallest absolute Gasteiger partial charge is 0.0625 e. The van der Waals surface area contributed by atoms with E-state index in [4.69, 9.17) is 4.74 Å². The standard InChI is InChI=1S/C8H15NO.ClH/c1-8(2-3-8)7-6-10-5-4-9-7;/h7,9H,2-6H2,1H3;1H. The van der Waals surface area contributed by atoms with Gasteiger partial charge in [0, 0.05) is 12.6 Å². The molecule has 0 aromatic rings. The van der Waals surface area contributed by atoms with Crippen LogP contribution in [0.2, 0.25) is 0 Å². The molecule has 2 fully saturated rings. The second kappa shape index (κ2) is 3.30. The first kappa shape index (κ1) is 9.30. The van der Waals surface area contributed by atoms with Crippen molar-refractivity contribution in [2.45, 2.75) is 25.8 Å². The summed E-state index contributed by atoms with van der Waals surface area (Å²) in [5, 5.41) is 3.50. The summed E-state index contributed by atoms with van der Waals surface area (Å²) in [6, 6.07) is 0.640. The first-order valence-electron chi connectivity index (χ1n) is 4.12. The topological polar surface area (TPSA) is 21.3 Å². The molecular weight excluding hydrogens is 162 g/mol. The van der Waals surface area contributed by atoms with Crippen LogP contribution < -0.4 is 5.32 Å². The third-order valence-corrected chi connectivity index (χ3v) is 2.80. The first-order chi connectivity index (χ1) is 4.81. The Balaban J connectivity index is 0.000000605. The highest BCUT2D eigenvalue weighted by atomic mass is 35.5. The molecular formula is C8H16ClNO. The Morgan fingerprint density at radius 1 is 1.45 bits per heavy atom. The van der Waals surface area contributed by atoms with Crippen molar-refractivity contribution in [3.05, 3.63) is 0 Å². The van der Waals surface area contributed by atoms with E-state index in [2.05, 4.69) is 12.2 Å². The maximum Gasteiger partial charge on any atom is 0.0625 e. The van der Waals surface area contributed by atoms with Gasteiger partial charge in [-0.25, -0.2) is 0 Å². The Kier molecular flexibility index (Phi) is 2.79. The molecule has 3 heteroatoms. The molecule has 0 amide bonds. The maximum atomic E-state index is 5.39. The fourth-order valence-corrected chi connectivity index (χ4v) is 1.56. The highest BCUT2D eigenvalue weighted by molar-refractivity contribution is 5.85. The Labute approximate surface area is 74.1 Å². The molecule has 0 aromatic carbocycles. The zero-order valence-corrected chi connectivity index (χ0v) is 7.75. The summed E-state index contributed by atoms with van der Waals surface area (Å²) in [7, 11) is 0. The van der Waals surface area contributed by atoms with Crippen molar-refractivity contribution in [3.8, 4) is 0 Å². The van der Waals surface area contributed by atoms with E-state index in [0.29, 0.717) is 11.5 Å². The predicted molar refractivity (Wildman–Crippen MR) is 47.2 cm³/mol. The van der Waals surface area contributed by atoms with Gasteiger partial charge in [0.15, 0.2) is 0 Å². The number of hydrogen-bond donors (Lipinski definition) is 1. The zero-order valence-electron chi connectivity index (χ0n) is 6.93. The highest BCUT2D eigenvalue weighted by Crippen LogP contribution is 2.48. The molecule has 0 bridgehead atoms. The highest BCUT2D eigenvalue weighted by Gasteiger charge is 2.45. The van der Waals surface area contributed by atoms with E-state index in [1.54, 1.807) is 0 Å². The minimum atomic E-state index is 0. The van der Waals surface area contributed by atoms with Gasteiger partial charge in [0.05, 0.1) is 13.2 Å². The van der Waals surface area contributed by atoms with E-state index in [1.165, 1.54) is 12.8 Å². The average Bonchev–Trinajstić information content (AvgIpc) is 2.72. The summed E-state index contributed by atoms with van der Waals surface area (Å²) in [6.45, 7) is 5.21. The number of halogens is 1. The van der Waals surface area contributed by atoms with E-state index >= 15 is 0 Å². The fourth-order valence-electron chi connectivity index (χ4n) is 1.56. The molecule has 0 radical (unpaired) electrons. The number of nitrogens with one attached hydrogen (secondary N) is 1. The van der Waals surface area contributed by atoms with E-state index in [-0.39, 0.29) is 12.4 Å². The van der Waals surface area contributed by atoms with Crippen LogP contribution in [0.15, 0.2) is 0 Å². The Hall–Kier alpha value is 0.210. The second-order valence-electron chi connectivity index (χ2n) is 3.74. The van der Waals surface area contributed by atoms with Crippen molar-refractivity contribution in [1.29, 1.82) is 0 Å². The predicted octanol–water partition coefficient (Wildman–Crippen LogP) is 1.20. The van der Waals surface area contributed by atoms with E-state index < -0.39 is 0 Å². The van der Waals surface area contributed by atoms with E-state index in [1.807, 2.05) is 0 Å². The van der Waals surface area contributed by atoms with Gasteiger partial charge in [0.25, 0.3) is 0 Å². The molecule has 1 unspecified atom stereocenters. The van der Waals surface area contributed by atoms with Crippen LogP contribution in [-0.4, -0.2) is 25.8 Å². The molecule has 1 saturated heterocycles. The fraction of sp³-hybridized carbons (Fsp3) is 1.00. The molecule has 0 spiro atoms. The van der Waals surface area contributed by atoms with Crippen LogP contribution in [0, 0.1) is 5.41 Å². The van der Waals surface area contributed by atoms with Crippen LogP contribution in [0.1, 0.15) is 19.8 Å². The molecule has 1 heterocycles. The van der Waals surface area contributed by atoms with Crippen LogP contribution in [0.4, 0.5) is 0 Å². The van der Waals surface area contributed by atoms with E-state index in [0.717, 1.165) is 19.8 Å². The SMILES string of the molecule is CC1(C2COCCN2)CC1.Cl. The molecule has 1 aliphatic carbocycles. The lowest BCUT2D eigenvalue weighted by atomic mass is 9.99. The van der Waals surface area contributed by atoms with Crippen LogP contribution in [0.3, 0.4) is 0 Å². The second-order valence-corrected chi connectivity index (χ2v) is 3.74. The summed E-state index contributed by atoms with van der Waals surface area (Å²) >= 11 is 0. The number of rotatable bonds is 1. The molecule has 11 heavy (non-hydrogen) atoms. The first-order valence-corrected chi connectivity index (χ1v) is 4.12. The van der Waals surface area contributed by atoms with Crippen LogP contribution in [0.25, 0.3) is 0 Å². The molecule has 1 atom stereocenters. The Morgan fingerprint density at radius 2 is 2.18 bits per heavy atom. The van der Waals surface area contributed by atoms with Crippen molar-refractivity contribution < 1.29 is 4.74 Å². The third-order valence-electron chi connectivity index (χ3n) is 2.80. The third kappa shape index (κ3) is 1.86. The van der Waals surface area contributed by atoms with Crippen molar-refractivity contribution in [3.63, 3.8) is 0 Å². The quantitative estimate of drug-likeness (QED) is 0.650. The molecule has 1 saturated carbocycles. The maximum absolute atomic E-state index is 5.39. The summed E-state index contributed by atoms with van der Waals surface area (Å²) in [6.07, 6.45) is 2.77. The van der Waals surface area contributed by atoms with Gasteiger partial charge in [-0.1, -0.05) is 6.92 Å². The lowest BCUT2D eigenvalue weighted by Gasteiger charge is -2.28. The van der Waals surface area contributed by atoms with Gasteiger partial charge in [0.2, 0.25) is 0 Å². The lowest BCUT2D eigenvalue weighted by Crippen LogP contribution is -2.46. The Bertz CT molecular complexity index is 130.